The number of rotatable bonds is 3. The van der Waals surface area contributed by atoms with Gasteiger partial charge in [-0.1, -0.05) is 111 Å². The minimum Gasteiger partial charge on any atom is -0.254 e. The van der Waals surface area contributed by atoms with Gasteiger partial charge in [0.15, 0.2) is 0 Å². The van der Waals surface area contributed by atoms with Crippen LogP contribution in [0.1, 0.15) is 25.0 Å². The Balaban J connectivity index is 1.18. The highest BCUT2D eigenvalue weighted by atomic mass is 14.7. The molecule has 1 aliphatic carbocycles. The van der Waals surface area contributed by atoms with Crippen LogP contribution in [0.2, 0.25) is 0 Å². The van der Waals surface area contributed by atoms with Crippen molar-refractivity contribution in [3.63, 3.8) is 0 Å². The summed E-state index contributed by atoms with van der Waals surface area (Å²) in [5.74, 6) is 0. The molecule has 0 aliphatic heterocycles. The predicted molar refractivity (Wildman–Crippen MR) is 186 cm³/mol. The van der Waals surface area contributed by atoms with E-state index in [1.165, 1.54) is 49.9 Å². The van der Waals surface area contributed by atoms with Crippen LogP contribution >= 0.6 is 0 Å². The van der Waals surface area contributed by atoms with Crippen molar-refractivity contribution < 1.29 is 0 Å². The van der Waals surface area contributed by atoms with Gasteiger partial charge in [-0.05, 0) is 74.8 Å². The van der Waals surface area contributed by atoms with Gasteiger partial charge < -0.3 is 0 Å². The minimum atomic E-state index is -0.164. The van der Waals surface area contributed by atoms with Crippen molar-refractivity contribution in [2.24, 2.45) is 0 Å². The van der Waals surface area contributed by atoms with Gasteiger partial charge in [0, 0.05) is 39.5 Å². The van der Waals surface area contributed by atoms with Gasteiger partial charge in [0.2, 0.25) is 0 Å². The maximum atomic E-state index is 5.23. The molecule has 0 bridgehead atoms. The summed E-state index contributed by atoms with van der Waals surface area (Å²) in [6, 6.07) is 45.7. The van der Waals surface area contributed by atoms with Crippen LogP contribution in [0.3, 0.4) is 0 Å². The van der Waals surface area contributed by atoms with Crippen molar-refractivity contribution >= 4 is 32.7 Å². The van der Waals surface area contributed by atoms with Gasteiger partial charge in [-0.3, -0.25) is 9.97 Å². The van der Waals surface area contributed by atoms with E-state index in [2.05, 4.69) is 134 Å². The molecular formula is C42H29N3. The number of hydrogen-bond donors (Lipinski definition) is 0. The highest BCUT2D eigenvalue weighted by Crippen LogP contribution is 2.53. The molecule has 45 heavy (non-hydrogen) atoms. The standard InChI is InChI=1S/C42H29N3/c1-42(2)35-16-5-3-13-32(35)40-38(42)37(33-14-4-6-17-36(33)45-40)29-11-7-10-28(24-29)26-18-20-27(21-19-26)34-25-30-12-8-22-43-39(30)41-31(34)15-9-23-44-41/h3-25H,1-2H3. The third-order valence-electron chi connectivity index (χ3n) is 9.51. The first kappa shape index (κ1) is 25.8. The van der Waals surface area contributed by atoms with E-state index in [1.54, 1.807) is 0 Å². The number of benzene rings is 5. The zero-order valence-corrected chi connectivity index (χ0v) is 25.1. The Morgan fingerprint density at radius 3 is 2.11 bits per heavy atom. The lowest BCUT2D eigenvalue weighted by atomic mass is 9.78. The highest BCUT2D eigenvalue weighted by molar-refractivity contribution is 6.10. The van der Waals surface area contributed by atoms with Crippen molar-refractivity contribution in [1.29, 1.82) is 0 Å². The second kappa shape index (κ2) is 9.67. The summed E-state index contributed by atoms with van der Waals surface area (Å²) in [5, 5.41) is 3.40. The first-order valence-corrected chi connectivity index (χ1v) is 15.4. The Hall–Kier alpha value is -5.67. The van der Waals surface area contributed by atoms with Crippen molar-refractivity contribution in [3.8, 4) is 44.6 Å². The molecule has 3 aromatic heterocycles. The molecule has 0 amide bonds. The molecule has 9 rings (SSSR count). The minimum absolute atomic E-state index is 0.164. The van der Waals surface area contributed by atoms with Crippen LogP contribution in [0.15, 0.2) is 140 Å². The largest absolute Gasteiger partial charge is 0.254 e. The molecule has 3 nitrogen and oxygen atoms in total. The van der Waals surface area contributed by atoms with Crippen LogP contribution < -0.4 is 0 Å². The molecule has 3 heterocycles. The Labute approximate surface area is 261 Å². The van der Waals surface area contributed by atoms with Crippen molar-refractivity contribution in [3.05, 3.63) is 151 Å². The molecule has 8 aromatic rings. The molecule has 0 atom stereocenters. The van der Waals surface area contributed by atoms with E-state index in [0.717, 1.165) is 38.6 Å². The van der Waals surface area contributed by atoms with Crippen molar-refractivity contribution in [2.45, 2.75) is 19.3 Å². The van der Waals surface area contributed by atoms with Crippen LogP contribution in [0.25, 0.3) is 77.3 Å². The molecule has 0 saturated carbocycles. The molecule has 3 heteroatoms. The number of aromatic nitrogens is 3. The van der Waals surface area contributed by atoms with E-state index < -0.39 is 0 Å². The van der Waals surface area contributed by atoms with Gasteiger partial charge >= 0.3 is 0 Å². The number of pyridine rings is 3. The van der Waals surface area contributed by atoms with Crippen LogP contribution in [0.4, 0.5) is 0 Å². The second-order valence-corrected chi connectivity index (χ2v) is 12.5. The Morgan fingerprint density at radius 2 is 1.22 bits per heavy atom. The average molecular weight is 576 g/mol. The number of para-hydroxylation sites is 1. The van der Waals surface area contributed by atoms with Gasteiger partial charge in [0.05, 0.1) is 22.2 Å². The number of fused-ring (bicyclic) bond motifs is 7. The topological polar surface area (TPSA) is 38.7 Å². The molecule has 1 aliphatic rings. The maximum absolute atomic E-state index is 5.23. The summed E-state index contributed by atoms with van der Waals surface area (Å²) in [5.41, 5.74) is 14.9. The summed E-state index contributed by atoms with van der Waals surface area (Å²) in [6.45, 7) is 4.67. The van der Waals surface area contributed by atoms with Gasteiger partial charge in [-0.25, -0.2) is 4.98 Å². The van der Waals surface area contributed by atoms with Gasteiger partial charge in [-0.2, -0.15) is 0 Å². The Kier molecular flexibility index (Phi) is 5.54. The van der Waals surface area contributed by atoms with Gasteiger partial charge in [0.1, 0.15) is 0 Å². The van der Waals surface area contributed by atoms with E-state index >= 15 is 0 Å². The quantitative estimate of drug-likeness (QED) is 0.197. The van der Waals surface area contributed by atoms with Crippen molar-refractivity contribution in [1.82, 2.24) is 15.0 Å². The summed E-state index contributed by atoms with van der Waals surface area (Å²) < 4.78 is 0. The van der Waals surface area contributed by atoms with E-state index in [0.29, 0.717) is 0 Å². The zero-order valence-electron chi connectivity index (χ0n) is 25.1. The monoisotopic (exact) mass is 575 g/mol. The van der Waals surface area contributed by atoms with Crippen LogP contribution in [-0.4, -0.2) is 15.0 Å². The molecule has 0 spiro atoms. The second-order valence-electron chi connectivity index (χ2n) is 12.5. The van der Waals surface area contributed by atoms with Crippen LogP contribution in [0.5, 0.6) is 0 Å². The normalized spacial score (nSPS) is 13.3. The molecule has 5 aromatic carbocycles. The lowest BCUT2D eigenvalue weighted by Gasteiger charge is -2.25. The first-order chi connectivity index (χ1) is 22.1. The van der Waals surface area contributed by atoms with Gasteiger partial charge in [0.25, 0.3) is 0 Å². The predicted octanol–water partition coefficient (Wildman–Crippen LogP) is 10.6. The molecule has 0 radical (unpaired) electrons. The summed E-state index contributed by atoms with van der Waals surface area (Å²) in [4.78, 5) is 14.6. The summed E-state index contributed by atoms with van der Waals surface area (Å²) in [7, 11) is 0. The summed E-state index contributed by atoms with van der Waals surface area (Å²) >= 11 is 0. The third-order valence-corrected chi connectivity index (χ3v) is 9.51. The van der Waals surface area contributed by atoms with Crippen LogP contribution in [0, 0.1) is 0 Å². The SMILES string of the molecule is CC1(C)c2ccccc2-c2nc3ccccc3c(-c3cccc(-c4ccc(-c5cc6cccnc6c6ncccc56)cc4)c3)c21. The molecule has 0 fully saturated rings. The highest BCUT2D eigenvalue weighted by Gasteiger charge is 2.39. The fourth-order valence-corrected chi connectivity index (χ4v) is 7.40. The number of nitrogens with zero attached hydrogens (tertiary/aromatic N) is 3. The van der Waals surface area contributed by atoms with E-state index in [4.69, 9.17) is 9.97 Å². The molecule has 0 saturated heterocycles. The summed E-state index contributed by atoms with van der Waals surface area (Å²) in [6.07, 6.45) is 3.68. The average Bonchev–Trinajstić information content (AvgIpc) is 3.33. The lowest BCUT2D eigenvalue weighted by Crippen LogP contribution is -2.16. The molecular weight excluding hydrogens is 546 g/mol. The fourth-order valence-electron chi connectivity index (χ4n) is 7.40. The maximum Gasteiger partial charge on any atom is 0.0970 e. The molecule has 0 unspecified atom stereocenters. The van der Waals surface area contributed by atoms with E-state index in [1.807, 2.05) is 24.5 Å². The lowest BCUT2D eigenvalue weighted by molar-refractivity contribution is 0.662. The molecule has 0 N–H and O–H groups in total. The van der Waals surface area contributed by atoms with E-state index in [9.17, 15) is 0 Å². The van der Waals surface area contributed by atoms with E-state index in [-0.39, 0.29) is 5.41 Å². The molecule has 212 valence electrons. The fraction of sp³-hybridized carbons (Fsp3) is 0.0714. The zero-order chi connectivity index (χ0) is 30.1. The smallest absolute Gasteiger partial charge is 0.0970 e. The van der Waals surface area contributed by atoms with Crippen LogP contribution in [-0.2, 0) is 5.41 Å². The van der Waals surface area contributed by atoms with Gasteiger partial charge in [-0.15, -0.1) is 0 Å². The number of hydrogen-bond acceptors (Lipinski definition) is 3. The first-order valence-electron chi connectivity index (χ1n) is 15.4. The Morgan fingerprint density at radius 1 is 0.511 bits per heavy atom. The Bertz CT molecular complexity index is 2460. The third kappa shape index (κ3) is 3.87. The van der Waals surface area contributed by atoms with Crippen molar-refractivity contribution in [2.75, 3.05) is 0 Å².